The third-order valence-corrected chi connectivity index (χ3v) is 6.12. The van der Waals surface area contributed by atoms with Crippen LogP contribution in [0.4, 0.5) is 4.79 Å². The lowest BCUT2D eigenvalue weighted by Gasteiger charge is -2.38. The topological polar surface area (TPSA) is 75.0 Å². The van der Waals surface area contributed by atoms with E-state index in [4.69, 9.17) is 9.15 Å². The summed E-state index contributed by atoms with van der Waals surface area (Å²) in [5.41, 5.74) is 1.19. The van der Waals surface area contributed by atoms with Crippen molar-refractivity contribution in [2.24, 2.45) is 5.41 Å². The van der Waals surface area contributed by atoms with Gasteiger partial charge >= 0.3 is 6.03 Å². The molecule has 0 radical (unpaired) electrons. The number of hydrogen-bond donors (Lipinski definition) is 1. The second-order valence-electron chi connectivity index (χ2n) is 9.10. The molecule has 1 aliphatic carbocycles. The zero-order valence-corrected chi connectivity index (χ0v) is 17.1. The summed E-state index contributed by atoms with van der Waals surface area (Å²) in [5, 5.41) is 3.21. The summed E-state index contributed by atoms with van der Waals surface area (Å²) >= 11 is 0. The molecule has 1 N–H and O–H groups in total. The first kappa shape index (κ1) is 19.3. The van der Waals surface area contributed by atoms with Crippen molar-refractivity contribution in [1.82, 2.24) is 15.1 Å². The summed E-state index contributed by atoms with van der Waals surface area (Å²) in [5.74, 6) is 1.96. The van der Waals surface area contributed by atoms with Gasteiger partial charge in [0.25, 0.3) is 5.91 Å². The number of fused-ring (bicyclic) bond motifs is 1. The highest BCUT2D eigenvalue weighted by atomic mass is 16.5. The third kappa shape index (κ3) is 3.90. The summed E-state index contributed by atoms with van der Waals surface area (Å²) < 4.78 is 11.4. The maximum absolute atomic E-state index is 12.9. The Balaban J connectivity index is 1.35. The summed E-state index contributed by atoms with van der Waals surface area (Å²) in [6, 6.07) is 1.96. The van der Waals surface area contributed by atoms with Crippen molar-refractivity contribution in [2.45, 2.75) is 58.6 Å². The molecule has 2 saturated heterocycles. The Morgan fingerprint density at radius 3 is 2.57 bits per heavy atom. The molecule has 4 rings (SSSR count). The van der Waals surface area contributed by atoms with Crippen molar-refractivity contribution >= 4 is 11.9 Å². The number of rotatable bonds is 2. The van der Waals surface area contributed by atoms with Crippen molar-refractivity contribution in [3.05, 3.63) is 23.2 Å². The minimum atomic E-state index is -0.285. The number of amides is 3. The van der Waals surface area contributed by atoms with Gasteiger partial charge in [-0.15, -0.1) is 0 Å². The lowest BCUT2D eigenvalue weighted by atomic mass is 9.75. The van der Waals surface area contributed by atoms with E-state index < -0.39 is 0 Å². The largest absolute Gasteiger partial charge is 0.466 e. The van der Waals surface area contributed by atoms with E-state index in [2.05, 4.69) is 19.2 Å². The van der Waals surface area contributed by atoms with E-state index in [-0.39, 0.29) is 29.5 Å². The van der Waals surface area contributed by atoms with Crippen LogP contribution in [0.15, 0.2) is 10.5 Å². The molecule has 2 unspecified atom stereocenters. The van der Waals surface area contributed by atoms with E-state index in [9.17, 15) is 9.59 Å². The molecule has 7 nitrogen and oxygen atoms in total. The first-order valence-corrected chi connectivity index (χ1v) is 10.4. The van der Waals surface area contributed by atoms with E-state index >= 15 is 0 Å². The van der Waals surface area contributed by atoms with Crippen molar-refractivity contribution < 1.29 is 18.7 Å². The Hall–Kier alpha value is -2.02. The van der Waals surface area contributed by atoms with Crippen LogP contribution in [0.2, 0.25) is 0 Å². The van der Waals surface area contributed by atoms with E-state index in [0.717, 1.165) is 42.8 Å². The Labute approximate surface area is 166 Å². The molecule has 2 fully saturated rings. The number of furan rings is 1. The van der Waals surface area contributed by atoms with Crippen LogP contribution in [0.3, 0.4) is 0 Å². The van der Waals surface area contributed by atoms with Crippen LogP contribution in [-0.4, -0.2) is 60.6 Å². The standard InChI is InChI=1S/C21H31N3O4/c1-14-11-15-16(12-21(2,3)13-18(15)28-14)22-20(26)24-8-6-23(7-9-24)19(25)17-5-4-10-27-17/h11,16-17H,4-10,12-13H2,1-3H3,(H,22,26). The highest BCUT2D eigenvalue weighted by Crippen LogP contribution is 2.42. The third-order valence-electron chi connectivity index (χ3n) is 6.12. The molecule has 3 amide bonds. The maximum atomic E-state index is 12.9. The normalized spacial score (nSPS) is 26.8. The van der Waals surface area contributed by atoms with E-state index in [1.165, 1.54) is 0 Å². The lowest BCUT2D eigenvalue weighted by molar-refractivity contribution is -0.142. The number of carbonyl (C=O) groups is 2. The zero-order chi connectivity index (χ0) is 19.9. The molecule has 0 bridgehead atoms. The Bertz CT molecular complexity index is 743. The van der Waals surface area contributed by atoms with Gasteiger partial charge in [0.2, 0.25) is 0 Å². The fraction of sp³-hybridized carbons (Fsp3) is 0.714. The van der Waals surface area contributed by atoms with Gasteiger partial charge in [-0.25, -0.2) is 4.79 Å². The van der Waals surface area contributed by atoms with Gasteiger partial charge < -0.3 is 24.3 Å². The monoisotopic (exact) mass is 389 g/mol. The fourth-order valence-corrected chi connectivity index (χ4v) is 4.66. The minimum absolute atomic E-state index is 0.0322. The molecule has 154 valence electrons. The first-order valence-electron chi connectivity index (χ1n) is 10.4. The summed E-state index contributed by atoms with van der Waals surface area (Å²) in [6.45, 7) is 9.29. The van der Waals surface area contributed by atoms with Crippen molar-refractivity contribution in [3.63, 3.8) is 0 Å². The van der Waals surface area contributed by atoms with Gasteiger partial charge in [-0.3, -0.25) is 4.79 Å². The number of hydrogen-bond acceptors (Lipinski definition) is 4. The first-order chi connectivity index (χ1) is 13.3. The molecule has 0 aromatic carbocycles. The minimum Gasteiger partial charge on any atom is -0.466 e. The molecule has 2 aliphatic heterocycles. The second-order valence-corrected chi connectivity index (χ2v) is 9.10. The molecule has 1 aromatic rings. The lowest BCUT2D eigenvalue weighted by Crippen LogP contribution is -2.55. The summed E-state index contributed by atoms with van der Waals surface area (Å²) in [4.78, 5) is 29.0. The van der Waals surface area contributed by atoms with Crippen LogP contribution in [-0.2, 0) is 16.0 Å². The van der Waals surface area contributed by atoms with E-state index in [0.29, 0.717) is 32.8 Å². The molecular formula is C21H31N3O4. The number of urea groups is 1. The number of nitrogens with one attached hydrogen (secondary N) is 1. The predicted octanol–water partition coefficient (Wildman–Crippen LogP) is 2.63. The number of aryl methyl sites for hydroxylation is 1. The molecule has 3 aliphatic rings. The van der Waals surface area contributed by atoms with Gasteiger partial charge in [-0.1, -0.05) is 13.8 Å². The van der Waals surface area contributed by atoms with Gasteiger partial charge in [-0.2, -0.15) is 0 Å². The van der Waals surface area contributed by atoms with Gasteiger partial charge in [-0.05, 0) is 37.7 Å². The molecular weight excluding hydrogens is 358 g/mol. The highest BCUT2D eigenvalue weighted by Gasteiger charge is 2.37. The van der Waals surface area contributed by atoms with Gasteiger partial charge in [0.15, 0.2) is 0 Å². The van der Waals surface area contributed by atoms with Gasteiger partial charge in [0.1, 0.15) is 17.6 Å². The molecule has 0 spiro atoms. The zero-order valence-electron chi connectivity index (χ0n) is 17.1. The Kier molecular flexibility index (Phi) is 5.12. The number of nitrogens with zero attached hydrogens (tertiary/aromatic N) is 2. The molecule has 7 heteroatoms. The average molecular weight is 389 g/mol. The molecule has 2 atom stereocenters. The summed E-state index contributed by atoms with van der Waals surface area (Å²) in [7, 11) is 0. The van der Waals surface area contributed by atoms with E-state index in [1.807, 2.05) is 22.8 Å². The maximum Gasteiger partial charge on any atom is 0.318 e. The molecule has 0 saturated carbocycles. The van der Waals surface area contributed by atoms with Gasteiger partial charge in [0, 0.05) is 44.8 Å². The van der Waals surface area contributed by atoms with Crippen LogP contribution in [0.1, 0.15) is 56.2 Å². The summed E-state index contributed by atoms with van der Waals surface area (Å²) in [6.07, 6.45) is 3.26. The highest BCUT2D eigenvalue weighted by molar-refractivity contribution is 5.82. The quantitative estimate of drug-likeness (QED) is 0.844. The fourth-order valence-electron chi connectivity index (χ4n) is 4.66. The van der Waals surface area contributed by atoms with Crippen LogP contribution in [0.25, 0.3) is 0 Å². The smallest absolute Gasteiger partial charge is 0.318 e. The number of ether oxygens (including phenoxy) is 1. The average Bonchev–Trinajstić information content (AvgIpc) is 3.29. The number of carbonyl (C=O) groups excluding carboxylic acids is 2. The van der Waals surface area contributed by atoms with Crippen molar-refractivity contribution in [1.29, 1.82) is 0 Å². The Morgan fingerprint density at radius 1 is 1.18 bits per heavy atom. The van der Waals surface area contributed by atoms with Crippen LogP contribution < -0.4 is 5.32 Å². The van der Waals surface area contributed by atoms with Crippen LogP contribution >= 0.6 is 0 Å². The molecule has 28 heavy (non-hydrogen) atoms. The molecule has 1 aromatic heterocycles. The Morgan fingerprint density at radius 2 is 1.89 bits per heavy atom. The predicted molar refractivity (Wildman–Crippen MR) is 104 cm³/mol. The SMILES string of the molecule is Cc1cc2c(o1)CC(C)(C)CC2NC(=O)N1CCN(C(=O)C2CCCO2)CC1. The molecule has 3 heterocycles. The van der Waals surface area contributed by atoms with E-state index in [1.54, 1.807) is 0 Å². The second kappa shape index (κ2) is 7.43. The van der Waals surface area contributed by atoms with Crippen molar-refractivity contribution in [3.8, 4) is 0 Å². The van der Waals surface area contributed by atoms with Crippen LogP contribution in [0, 0.1) is 12.3 Å². The van der Waals surface area contributed by atoms with Gasteiger partial charge in [0.05, 0.1) is 6.04 Å². The van der Waals surface area contributed by atoms with Crippen molar-refractivity contribution in [2.75, 3.05) is 32.8 Å². The number of piperazine rings is 1. The van der Waals surface area contributed by atoms with Crippen LogP contribution in [0.5, 0.6) is 0 Å².